The molecule has 1 aromatic carbocycles. The lowest BCUT2D eigenvalue weighted by atomic mass is 9.85. The predicted octanol–water partition coefficient (Wildman–Crippen LogP) is 3.49. The Morgan fingerprint density at radius 3 is 2.41 bits per heavy atom. The van der Waals surface area contributed by atoms with Crippen molar-refractivity contribution in [3.05, 3.63) is 76.1 Å². The molecule has 0 saturated carbocycles. The van der Waals surface area contributed by atoms with Gasteiger partial charge in [0.05, 0.1) is 5.92 Å². The summed E-state index contributed by atoms with van der Waals surface area (Å²) in [5, 5.41) is 11.3. The van der Waals surface area contributed by atoms with Gasteiger partial charge in [-0.05, 0) is 17.7 Å². The highest BCUT2D eigenvalue weighted by molar-refractivity contribution is 5.94. The topological polar surface area (TPSA) is 73.1 Å². The van der Waals surface area contributed by atoms with Gasteiger partial charge < -0.3 is 0 Å². The molecule has 1 aromatic heterocycles. The van der Waals surface area contributed by atoms with E-state index in [4.69, 9.17) is 0 Å². The van der Waals surface area contributed by atoms with Crippen molar-refractivity contribution in [1.82, 2.24) is 4.98 Å². The van der Waals surface area contributed by atoms with Crippen molar-refractivity contribution in [2.24, 2.45) is 0 Å². The van der Waals surface area contributed by atoms with Crippen LogP contribution in [0.2, 0.25) is 0 Å². The van der Waals surface area contributed by atoms with E-state index in [-0.39, 0.29) is 17.1 Å². The lowest BCUT2D eigenvalue weighted by molar-refractivity contribution is -0.527. The van der Waals surface area contributed by atoms with Crippen LogP contribution in [0.3, 0.4) is 0 Å². The quantitative estimate of drug-likeness (QED) is 0.445. The molecule has 0 spiro atoms. The summed E-state index contributed by atoms with van der Waals surface area (Å²) >= 11 is 0. The first-order valence-electron chi connectivity index (χ1n) is 7.26. The number of aromatic nitrogens is 1. The van der Waals surface area contributed by atoms with E-state index in [9.17, 15) is 14.9 Å². The SMILES string of the molecule is CC[C@H]([C@@H](CC(=O)c1ccccn1)c1ccccc1)[N+](=O)[O-]. The zero-order valence-electron chi connectivity index (χ0n) is 12.4. The van der Waals surface area contributed by atoms with Crippen LogP contribution in [0.15, 0.2) is 54.7 Å². The average Bonchev–Trinajstić information content (AvgIpc) is 2.55. The first-order chi connectivity index (χ1) is 10.6. The highest BCUT2D eigenvalue weighted by Crippen LogP contribution is 2.28. The average molecular weight is 298 g/mol. The van der Waals surface area contributed by atoms with Crippen molar-refractivity contribution in [2.45, 2.75) is 31.7 Å². The number of ketones is 1. The Morgan fingerprint density at radius 2 is 1.86 bits per heavy atom. The Labute approximate surface area is 129 Å². The Morgan fingerprint density at radius 1 is 1.18 bits per heavy atom. The third kappa shape index (κ3) is 3.75. The molecule has 0 fully saturated rings. The largest absolute Gasteiger partial charge is 0.292 e. The number of rotatable bonds is 7. The summed E-state index contributed by atoms with van der Waals surface area (Å²) in [6.45, 7) is 1.77. The van der Waals surface area contributed by atoms with Crippen LogP contribution in [-0.2, 0) is 0 Å². The van der Waals surface area contributed by atoms with Crippen LogP contribution >= 0.6 is 0 Å². The molecule has 1 heterocycles. The van der Waals surface area contributed by atoms with Gasteiger partial charge in [0, 0.05) is 24.0 Å². The lowest BCUT2D eigenvalue weighted by Crippen LogP contribution is -2.29. The molecule has 0 aliphatic carbocycles. The van der Waals surface area contributed by atoms with E-state index in [1.807, 2.05) is 30.3 Å². The van der Waals surface area contributed by atoms with Gasteiger partial charge in [-0.25, -0.2) is 0 Å². The minimum Gasteiger partial charge on any atom is -0.292 e. The molecule has 5 heteroatoms. The molecule has 0 amide bonds. The molecule has 114 valence electrons. The fourth-order valence-electron chi connectivity index (χ4n) is 2.59. The predicted molar refractivity (Wildman–Crippen MR) is 83.4 cm³/mol. The monoisotopic (exact) mass is 298 g/mol. The highest BCUT2D eigenvalue weighted by atomic mass is 16.6. The Hall–Kier alpha value is -2.56. The molecule has 0 aliphatic heterocycles. The van der Waals surface area contributed by atoms with E-state index >= 15 is 0 Å². The van der Waals surface area contributed by atoms with Crippen LogP contribution in [0.4, 0.5) is 0 Å². The van der Waals surface area contributed by atoms with E-state index in [2.05, 4.69) is 4.98 Å². The molecule has 2 rings (SSSR count). The number of pyridine rings is 1. The third-order valence-electron chi connectivity index (χ3n) is 3.74. The summed E-state index contributed by atoms with van der Waals surface area (Å²) in [7, 11) is 0. The summed E-state index contributed by atoms with van der Waals surface area (Å²) in [4.78, 5) is 27.5. The fraction of sp³-hybridized carbons (Fsp3) is 0.294. The van der Waals surface area contributed by atoms with E-state index in [0.717, 1.165) is 5.56 Å². The Bertz CT molecular complexity index is 629. The number of carbonyl (C=O) groups is 1. The van der Waals surface area contributed by atoms with E-state index in [0.29, 0.717) is 12.1 Å². The molecule has 0 unspecified atom stereocenters. The molecule has 22 heavy (non-hydrogen) atoms. The minimum atomic E-state index is -0.782. The zero-order chi connectivity index (χ0) is 15.9. The molecule has 0 aliphatic rings. The smallest absolute Gasteiger partial charge is 0.220 e. The number of nitrogens with zero attached hydrogens (tertiary/aromatic N) is 2. The molecule has 0 N–H and O–H groups in total. The molecule has 0 bridgehead atoms. The molecule has 0 saturated heterocycles. The van der Waals surface area contributed by atoms with E-state index in [1.54, 1.807) is 31.3 Å². The van der Waals surface area contributed by atoms with Crippen molar-refractivity contribution < 1.29 is 9.72 Å². The van der Waals surface area contributed by atoms with Gasteiger partial charge in [-0.1, -0.05) is 43.3 Å². The van der Waals surface area contributed by atoms with Crippen molar-refractivity contribution in [2.75, 3.05) is 0 Å². The highest BCUT2D eigenvalue weighted by Gasteiger charge is 2.33. The minimum absolute atomic E-state index is 0.0838. The number of benzene rings is 1. The second-order valence-electron chi connectivity index (χ2n) is 5.12. The van der Waals surface area contributed by atoms with Gasteiger partial charge in [-0.2, -0.15) is 0 Å². The van der Waals surface area contributed by atoms with Crippen molar-refractivity contribution in [1.29, 1.82) is 0 Å². The summed E-state index contributed by atoms with van der Waals surface area (Å²) < 4.78 is 0. The van der Waals surface area contributed by atoms with Crippen LogP contribution in [0, 0.1) is 10.1 Å². The molecule has 2 aromatic rings. The van der Waals surface area contributed by atoms with Crippen LogP contribution < -0.4 is 0 Å². The van der Waals surface area contributed by atoms with Crippen molar-refractivity contribution >= 4 is 5.78 Å². The first-order valence-corrected chi connectivity index (χ1v) is 7.26. The number of carbonyl (C=O) groups excluding carboxylic acids is 1. The number of Topliss-reactive ketones (excluding diaryl/α,β-unsaturated/α-hetero) is 1. The van der Waals surface area contributed by atoms with Crippen LogP contribution in [0.25, 0.3) is 0 Å². The normalized spacial score (nSPS) is 13.3. The van der Waals surface area contributed by atoms with Gasteiger partial charge in [-0.3, -0.25) is 19.9 Å². The van der Waals surface area contributed by atoms with Gasteiger partial charge in [0.1, 0.15) is 5.69 Å². The van der Waals surface area contributed by atoms with E-state index in [1.165, 1.54) is 0 Å². The van der Waals surface area contributed by atoms with Crippen molar-refractivity contribution in [3.63, 3.8) is 0 Å². The van der Waals surface area contributed by atoms with Gasteiger partial charge in [0.2, 0.25) is 6.04 Å². The number of hydrogen-bond acceptors (Lipinski definition) is 4. The summed E-state index contributed by atoms with van der Waals surface area (Å²) in [5.74, 6) is -0.620. The number of nitro groups is 1. The molecule has 2 atom stereocenters. The molecular formula is C17H18N2O3. The summed E-state index contributed by atoms with van der Waals surface area (Å²) in [5.41, 5.74) is 1.16. The van der Waals surface area contributed by atoms with Crippen LogP contribution in [0.1, 0.15) is 41.7 Å². The van der Waals surface area contributed by atoms with Crippen molar-refractivity contribution in [3.8, 4) is 0 Å². The van der Waals surface area contributed by atoms with Crippen LogP contribution in [0.5, 0.6) is 0 Å². The van der Waals surface area contributed by atoms with Crippen LogP contribution in [-0.4, -0.2) is 21.7 Å². The Balaban J connectivity index is 2.29. The maximum absolute atomic E-state index is 12.4. The molecular weight excluding hydrogens is 280 g/mol. The van der Waals surface area contributed by atoms with Gasteiger partial charge in [0.25, 0.3) is 0 Å². The Kier molecular flexibility index (Phi) is 5.36. The number of hydrogen-bond donors (Lipinski definition) is 0. The second-order valence-corrected chi connectivity index (χ2v) is 5.12. The zero-order valence-corrected chi connectivity index (χ0v) is 12.4. The maximum Gasteiger partial charge on any atom is 0.220 e. The lowest BCUT2D eigenvalue weighted by Gasteiger charge is -2.19. The van der Waals surface area contributed by atoms with E-state index < -0.39 is 12.0 Å². The molecule has 0 radical (unpaired) electrons. The third-order valence-corrected chi connectivity index (χ3v) is 3.74. The standard InChI is InChI=1S/C17H18N2O3/c1-2-16(19(21)22)14(13-8-4-3-5-9-13)12-17(20)15-10-6-7-11-18-15/h3-11,14,16H,2,12H2,1H3/t14-,16+/m0/s1. The van der Waals surface area contributed by atoms with Gasteiger partial charge in [-0.15, -0.1) is 0 Å². The summed E-state index contributed by atoms with van der Waals surface area (Å²) in [6.07, 6.45) is 2.01. The fourth-order valence-corrected chi connectivity index (χ4v) is 2.59. The first kappa shape index (κ1) is 15.8. The second kappa shape index (κ2) is 7.45. The maximum atomic E-state index is 12.4. The van der Waals surface area contributed by atoms with Gasteiger partial charge in [0.15, 0.2) is 5.78 Å². The van der Waals surface area contributed by atoms with Gasteiger partial charge >= 0.3 is 0 Å². The summed E-state index contributed by atoms with van der Waals surface area (Å²) in [6, 6.07) is 13.5. The molecule has 5 nitrogen and oxygen atoms in total.